The fraction of sp³-hybridized carbons (Fsp3) is 0.500. The number of ether oxygens (including phenoxy) is 2. The SMILES string of the molecule is C=CC(=N/C=C(\C)OCC1CC(F)(F)C1)C(=O)Nc1cc(F)c(F)c(C2C[C@]2(COC)SC(=C)C)c1.CC. The van der Waals surface area contributed by atoms with Gasteiger partial charge in [-0.15, -0.1) is 11.8 Å². The summed E-state index contributed by atoms with van der Waals surface area (Å²) in [6, 6.07) is 2.32. The summed E-state index contributed by atoms with van der Waals surface area (Å²) in [4.78, 5) is 17.6. The van der Waals surface area contributed by atoms with Gasteiger partial charge in [-0.1, -0.05) is 27.0 Å². The summed E-state index contributed by atoms with van der Waals surface area (Å²) >= 11 is 1.47. The zero-order valence-electron chi connectivity index (χ0n) is 22.5. The quantitative estimate of drug-likeness (QED) is 0.163. The van der Waals surface area contributed by atoms with Crippen molar-refractivity contribution in [1.82, 2.24) is 0 Å². The zero-order chi connectivity index (χ0) is 28.7. The first kappa shape index (κ1) is 31.6. The average Bonchev–Trinajstić information content (AvgIpc) is 3.52. The van der Waals surface area contributed by atoms with Crippen LogP contribution in [0.5, 0.6) is 0 Å². The highest BCUT2D eigenvalue weighted by Gasteiger charge is 2.57. The molecule has 2 aliphatic rings. The molecule has 1 aromatic rings. The van der Waals surface area contributed by atoms with Crippen molar-refractivity contribution < 1.29 is 31.8 Å². The molecule has 2 atom stereocenters. The molecule has 2 saturated carbocycles. The molecule has 210 valence electrons. The van der Waals surface area contributed by atoms with E-state index in [0.717, 1.165) is 11.0 Å². The summed E-state index contributed by atoms with van der Waals surface area (Å²) in [5.41, 5.74) is 0.140. The summed E-state index contributed by atoms with van der Waals surface area (Å²) in [7, 11) is 1.55. The average molecular weight is 557 g/mol. The highest BCUT2D eigenvalue weighted by Crippen LogP contribution is 2.62. The number of amides is 1. The molecule has 38 heavy (non-hydrogen) atoms. The van der Waals surface area contributed by atoms with E-state index < -0.39 is 28.2 Å². The minimum Gasteiger partial charge on any atom is -0.496 e. The van der Waals surface area contributed by atoms with E-state index in [1.54, 1.807) is 14.0 Å². The maximum atomic E-state index is 14.7. The minimum absolute atomic E-state index is 0.0739. The Bertz CT molecular complexity index is 1100. The summed E-state index contributed by atoms with van der Waals surface area (Å²) < 4.78 is 65.3. The van der Waals surface area contributed by atoms with E-state index in [-0.39, 0.29) is 48.2 Å². The number of anilines is 1. The Labute approximate surface area is 226 Å². The first-order valence-electron chi connectivity index (χ1n) is 12.4. The molecule has 1 aromatic carbocycles. The molecule has 2 aliphatic carbocycles. The van der Waals surface area contributed by atoms with Gasteiger partial charge in [0.1, 0.15) is 11.5 Å². The highest BCUT2D eigenvalue weighted by atomic mass is 32.2. The number of carbonyl (C=O) groups is 1. The normalized spacial score (nSPS) is 22.5. The Morgan fingerprint density at radius 2 is 1.89 bits per heavy atom. The van der Waals surface area contributed by atoms with Crippen molar-refractivity contribution in [2.45, 2.75) is 63.5 Å². The van der Waals surface area contributed by atoms with Crippen molar-refractivity contribution >= 4 is 29.1 Å². The predicted molar refractivity (Wildman–Crippen MR) is 146 cm³/mol. The third-order valence-corrected chi connectivity index (χ3v) is 7.34. The Balaban J connectivity index is 0.00000247. The number of methoxy groups -OCH3 is 1. The van der Waals surface area contributed by atoms with Gasteiger partial charge in [0.05, 0.1) is 24.2 Å². The van der Waals surface area contributed by atoms with Crippen LogP contribution in [-0.2, 0) is 14.3 Å². The molecule has 3 rings (SSSR count). The Hall–Kier alpha value is -2.59. The lowest BCUT2D eigenvalue weighted by Gasteiger charge is -2.34. The maximum Gasteiger partial charge on any atom is 0.274 e. The molecule has 0 spiro atoms. The van der Waals surface area contributed by atoms with E-state index in [1.807, 2.05) is 20.8 Å². The van der Waals surface area contributed by atoms with Crippen LogP contribution in [0.1, 0.15) is 58.4 Å². The van der Waals surface area contributed by atoms with Crippen LogP contribution in [-0.4, -0.2) is 42.6 Å². The van der Waals surface area contributed by atoms with Gasteiger partial charge in [0.2, 0.25) is 5.92 Å². The molecular formula is C28H36F4N2O3S. The van der Waals surface area contributed by atoms with Gasteiger partial charge in [0.15, 0.2) is 11.6 Å². The van der Waals surface area contributed by atoms with Crippen LogP contribution in [0.2, 0.25) is 0 Å². The van der Waals surface area contributed by atoms with Crippen molar-refractivity contribution in [2.75, 3.05) is 25.6 Å². The first-order valence-corrected chi connectivity index (χ1v) is 13.2. The van der Waals surface area contributed by atoms with Gasteiger partial charge in [-0.25, -0.2) is 22.6 Å². The molecule has 0 aliphatic heterocycles. The molecule has 1 unspecified atom stereocenters. The smallest absolute Gasteiger partial charge is 0.274 e. The van der Waals surface area contributed by atoms with E-state index >= 15 is 0 Å². The lowest BCUT2D eigenvalue weighted by atomic mass is 9.82. The molecule has 0 saturated heterocycles. The second-order valence-corrected chi connectivity index (χ2v) is 11.0. The van der Waals surface area contributed by atoms with Crippen LogP contribution < -0.4 is 5.32 Å². The Morgan fingerprint density at radius 3 is 2.45 bits per heavy atom. The van der Waals surface area contributed by atoms with E-state index in [2.05, 4.69) is 23.5 Å². The van der Waals surface area contributed by atoms with E-state index in [1.165, 1.54) is 30.1 Å². The number of hydrogen-bond acceptors (Lipinski definition) is 5. The fourth-order valence-electron chi connectivity index (χ4n) is 4.26. The van der Waals surface area contributed by atoms with Gasteiger partial charge < -0.3 is 14.8 Å². The number of hydrogen-bond donors (Lipinski definition) is 1. The van der Waals surface area contributed by atoms with E-state index in [9.17, 15) is 22.4 Å². The number of rotatable bonds is 12. The van der Waals surface area contributed by atoms with Gasteiger partial charge in [0.25, 0.3) is 5.91 Å². The van der Waals surface area contributed by atoms with Crippen molar-refractivity contribution in [3.63, 3.8) is 0 Å². The van der Waals surface area contributed by atoms with Crippen LogP contribution in [0.25, 0.3) is 0 Å². The van der Waals surface area contributed by atoms with Gasteiger partial charge in [-0.3, -0.25) is 4.79 Å². The zero-order valence-corrected chi connectivity index (χ0v) is 23.3. The number of thioether (sulfide) groups is 1. The summed E-state index contributed by atoms with van der Waals surface area (Å²) in [5, 5.41) is 2.53. The van der Waals surface area contributed by atoms with Crippen LogP contribution >= 0.6 is 11.8 Å². The van der Waals surface area contributed by atoms with E-state index in [4.69, 9.17) is 9.47 Å². The van der Waals surface area contributed by atoms with Gasteiger partial charge in [-0.05, 0) is 42.9 Å². The molecule has 10 heteroatoms. The lowest BCUT2D eigenvalue weighted by Crippen LogP contribution is -2.37. The summed E-state index contributed by atoms with van der Waals surface area (Å²) in [6.45, 7) is 15.4. The lowest BCUT2D eigenvalue weighted by molar-refractivity contribution is -0.123. The van der Waals surface area contributed by atoms with Crippen molar-refractivity contribution in [2.24, 2.45) is 10.9 Å². The molecule has 1 amide bonds. The first-order chi connectivity index (χ1) is 17.9. The van der Waals surface area contributed by atoms with Gasteiger partial charge in [0, 0.05) is 43.5 Å². The number of allylic oxidation sites excluding steroid dienone is 2. The second-order valence-electron chi connectivity index (χ2n) is 9.27. The molecule has 2 fully saturated rings. The third-order valence-electron chi connectivity index (χ3n) is 6.01. The molecule has 5 nitrogen and oxygen atoms in total. The third kappa shape index (κ3) is 8.20. The molecule has 0 bridgehead atoms. The number of nitrogens with zero attached hydrogens (tertiary/aromatic N) is 1. The van der Waals surface area contributed by atoms with E-state index in [0.29, 0.717) is 18.8 Å². The fourth-order valence-corrected chi connectivity index (χ4v) is 5.65. The highest BCUT2D eigenvalue weighted by molar-refractivity contribution is 8.04. The number of aliphatic imine (C=N–C) groups is 1. The molecule has 0 radical (unpaired) electrons. The van der Waals surface area contributed by atoms with Crippen molar-refractivity contribution in [1.29, 1.82) is 0 Å². The number of nitrogens with one attached hydrogen (secondary N) is 1. The topological polar surface area (TPSA) is 59.9 Å². The Morgan fingerprint density at radius 1 is 1.24 bits per heavy atom. The number of halogens is 4. The summed E-state index contributed by atoms with van der Waals surface area (Å²) in [5.74, 6) is -5.53. The van der Waals surface area contributed by atoms with Crippen molar-refractivity contribution in [3.05, 3.63) is 65.4 Å². The molecule has 0 heterocycles. The molecule has 0 aromatic heterocycles. The van der Waals surface area contributed by atoms with Crippen molar-refractivity contribution in [3.8, 4) is 0 Å². The summed E-state index contributed by atoms with van der Waals surface area (Å²) in [6.07, 6.45) is 2.65. The number of carbonyl (C=O) groups excluding carboxylic acids is 1. The largest absolute Gasteiger partial charge is 0.496 e. The van der Waals surface area contributed by atoms with Crippen LogP contribution in [0.3, 0.4) is 0 Å². The monoisotopic (exact) mass is 556 g/mol. The number of benzene rings is 1. The minimum atomic E-state index is -2.62. The van der Waals surface area contributed by atoms with Crippen LogP contribution in [0, 0.1) is 17.6 Å². The predicted octanol–water partition coefficient (Wildman–Crippen LogP) is 7.62. The van der Waals surface area contributed by atoms with Gasteiger partial charge >= 0.3 is 0 Å². The Kier molecular flexibility index (Phi) is 11.2. The van der Waals surface area contributed by atoms with Gasteiger partial charge in [-0.2, -0.15) is 0 Å². The maximum absolute atomic E-state index is 14.7. The standard InChI is InChI=1S/C26H30F4N2O3S.C2H6/c1-6-22(31-12-16(4)35-13-17-9-26(29,30)10-17)24(33)32-18-7-19(23(28)21(27)8-18)20-11-25(20,14-34-5)36-15(2)3;1-2/h6-8,12,17,20H,1-2,9-11,13-14H2,3-5H3,(H,32,33);1-2H3/b16-12+,31-22?;/t20?,25-;/m1./s1. The van der Waals surface area contributed by atoms with Crippen LogP contribution in [0.15, 0.2) is 53.2 Å². The second kappa shape index (κ2) is 13.5. The molecular weight excluding hydrogens is 520 g/mol. The number of alkyl halides is 2. The molecule has 1 N–H and O–H groups in total. The van der Waals surface area contributed by atoms with Crippen LogP contribution in [0.4, 0.5) is 23.2 Å².